The molecule has 0 fully saturated rings. The monoisotopic (exact) mass is 377 g/mol. The topological polar surface area (TPSA) is 68.4 Å². The zero-order chi connectivity index (χ0) is 19.1. The first-order chi connectivity index (χ1) is 12.5. The van der Waals surface area contributed by atoms with Gasteiger partial charge in [-0.05, 0) is 39.8 Å². The van der Waals surface area contributed by atoms with Crippen LogP contribution in [0, 0.1) is 0 Å². The van der Waals surface area contributed by atoms with Crippen molar-refractivity contribution >= 4 is 28.6 Å². The summed E-state index contributed by atoms with van der Waals surface area (Å²) in [6, 6.07) is 7.48. The van der Waals surface area contributed by atoms with Gasteiger partial charge in [0.1, 0.15) is 0 Å². The number of quaternary nitrogens is 1. The van der Waals surface area contributed by atoms with Gasteiger partial charge < -0.3 is 10.2 Å². The van der Waals surface area contributed by atoms with Crippen molar-refractivity contribution in [1.29, 1.82) is 0 Å². The molecule has 2 N–H and O–H groups in total. The predicted molar refractivity (Wildman–Crippen MR) is 107 cm³/mol. The van der Waals surface area contributed by atoms with Crippen molar-refractivity contribution in [3.8, 4) is 0 Å². The van der Waals surface area contributed by atoms with E-state index in [1.807, 2.05) is 38.1 Å². The molecular formula is C19H29N4O2S+. The lowest BCUT2D eigenvalue weighted by atomic mass is 10.2. The maximum absolute atomic E-state index is 13.0. The molecule has 2 rings (SSSR count). The van der Waals surface area contributed by atoms with E-state index in [0.717, 1.165) is 19.6 Å². The second-order valence-electron chi connectivity index (χ2n) is 6.59. The van der Waals surface area contributed by atoms with Crippen molar-refractivity contribution in [3.63, 3.8) is 0 Å². The maximum atomic E-state index is 13.0. The van der Waals surface area contributed by atoms with Crippen molar-refractivity contribution in [2.24, 2.45) is 0 Å². The first-order valence-electron chi connectivity index (χ1n) is 9.21. The summed E-state index contributed by atoms with van der Waals surface area (Å²) in [5, 5.41) is 4.11. The highest BCUT2D eigenvalue weighted by molar-refractivity contribution is 7.99. The number of nitrogens with one attached hydrogen (secondary N) is 2. The van der Waals surface area contributed by atoms with Crippen LogP contribution >= 0.6 is 11.8 Å². The van der Waals surface area contributed by atoms with Crippen molar-refractivity contribution in [3.05, 3.63) is 34.6 Å². The molecule has 0 atom stereocenters. The highest BCUT2D eigenvalue weighted by Gasteiger charge is 2.15. The van der Waals surface area contributed by atoms with Crippen molar-refractivity contribution in [1.82, 2.24) is 14.9 Å². The van der Waals surface area contributed by atoms with Crippen LogP contribution in [0.3, 0.4) is 0 Å². The van der Waals surface area contributed by atoms with Gasteiger partial charge in [0.05, 0.1) is 42.8 Å². The van der Waals surface area contributed by atoms with Gasteiger partial charge in [-0.3, -0.25) is 14.2 Å². The fraction of sp³-hybridized carbons (Fsp3) is 0.526. The van der Waals surface area contributed by atoms with Gasteiger partial charge in [-0.15, -0.1) is 0 Å². The van der Waals surface area contributed by atoms with Gasteiger partial charge in [-0.2, -0.15) is 0 Å². The van der Waals surface area contributed by atoms with Crippen LogP contribution in [0.25, 0.3) is 10.9 Å². The molecule has 1 amide bonds. The fourth-order valence-electron chi connectivity index (χ4n) is 2.82. The molecule has 0 saturated heterocycles. The molecule has 142 valence electrons. The van der Waals surface area contributed by atoms with E-state index in [9.17, 15) is 9.59 Å². The summed E-state index contributed by atoms with van der Waals surface area (Å²) in [4.78, 5) is 31.0. The van der Waals surface area contributed by atoms with Gasteiger partial charge in [-0.1, -0.05) is 23.9 Å². The van der Waals surface area contributed by atoms with Crippen molar-refractivity contribution in [2.45, 2.75) is 45.4 Å². The van der Waals surface area contributed by atoms with E-state index >= 15 is 0 Å². The molecular weight excluding hydrogens is 348 g/mol. The van der Waals surface area contributed by atoms with E-state index in [1.165, 1.54) is 16.7 Å². The zero-order valence-electron chi connectivity index (χ0n) is 16.0. The zero-order valence-corrected chi connectivity index (χ0v) is 16.9. The largest absolute Gasteiger partial charge is 0.353 e. The third kappa shape index (κ3) is 5.32. The fourth-order valence-corrected chi connectivity index (χ4v) is 3.66. The number of para-hydroxylation sites is 1. The Kier molecular flexibility index (Phi) is 7.66. The molecule has 1 heterocycles. The van der Waals surface area contributed by atoms with Crippen LogP contribution in [0.1, 0.15) is 27.7 Å². The molecule has 0 unspecified atom stereocenters. The van der Waals surface area contributed by atoms with E-state index in [-0.39, 0.29) is 23.3 Å². The summed E-state index contributed by atoms with van der Waals surface area (Å²) in [6.45, 7) is 11.6. The van der Waals surface area contributed by atoms with Crippen LogP contribution < -0.4 is 15.8 Å². The minimum Gasteiger partial charge on any atom is -0.353 e. The molecule has 26 heavy (non-hydrogen) atoms. The Bertz CT molecular complexity index is 800. The minimum absolute atomic E-state index is 0.0334. The summed E-state index contributed by atoms with van der Waals surface area (Å²) in [5.74, 6) is 0.203. The number of rotatable bonds is 9. The third-order valence-electron chi connectivity index (χ3n) is 4.30. The smallest absolute Gasteiger partial charge is 0.262 e. The number of likely N-dealkylation sites (N-methyl/N-ethyl adjacent to an activating group) is 1. The van der Waals surface area contributed by atoms with E-state index in [2.05, 4.69) is 24.1 Å². The van der Waals surface area contributed by atoms with Gasteiger partial charge in [0.25, 0.3) is 5.56 Å². The lowest BCUT2D eigenvalue weighted by Crippen LogP contribution is -3.11. The number of carbonyl (C=O) groups excluding carboxylic acids is 1. The summed E-state index contributed by atoms with van der Waals surface area (Å²) < 4.78 is 1.72. The van der Waals surface area contributed by atoms with Crippen LogP contribution in [0.5, 0.6) is 0 Å². The van der Waals surface area contributed by atoms with Gasteiger partial charge >= 0.3 is 0 Å². The Morgan fingerprint density at radius 2 is 1.96 bits per heavy atom. The molecule has 0 bridgehead atoms. The van der Waals surface area contributed by atoms with Gasteiger partial charge in [0.15, 0.2) is 5.16 Å². The van der Waals surface area contributed by atoms with E-state index in [0.29, 0.717) is 22.6 Å². The van der Waals surface area contributed by atoms with Gasteiger partial charge in [0, 0.05) is 6.04 Å². The van der Waals surface area contributed by atoms with Crippen LogP contribution in [-0.2, 0) is 11.3 Å². The predicted octanol–water partition coefficient (Wildman–Crippen LogP) is 0.938. The molecule has 2 aromatic rings. The highest BCUT2D eigenvalue weighted by atomic mass is 32.2. The lowest BCUT2D eigenvalue weighted by Gasteiger charge is -2.18. The molecule has 7 heteroatoms. The standard InChI is InChI=1S/C19H28N4O2S/c1-5-22(6-2)11-12-23-18(25)15-9-7-8-10-16(15)21-19(23)26-13-17(24)20-14(3)4/h7-10,14H,5-6,11-13H2,1-4H3,(H,20,24)/p+1. The normalized spacial score (nSPS) is 11.5. The number of carbonyl (C=O) groups is 1. The first kappa shape index (κ1) is 20.5. The van der Waals surface area contributed by atoms with Gasteiger partial charge in [0.2, 0.25) is 5.91 Å². The number of hydrogen-bond acceptors (Lipinski definition) is 4. The Balaban J connectivity index is 2.31. The van der Waals surface area contributed by atoms with Crippen LogP contribution in [-0.4, -0.2) is 46.9 Å². The number of nitrogens with zero attached hydrogens (tertiary/aromatic N) is 2. The van der Waals surface area contributed by atoms with Crippen LogP contribution in [0.2, 0.25) is 0 Å². The SMILES string of the molecule is CC[NH+](CC)CCn1c(SCC(=O)NC(C)C)nc2ccccc2c1=O. The van der Waals surface area contributed by atoms with E-state index in [1.54, 1.807) is 4.57 Å². The highest BCUT2D eigenvalue weighted by Crippen LogP contribution is 2.17. The summed E-state index contributed by atoms with van der Waals surface area (Å²) >= 11 is 1.32. The second-order valence-corrected chi connectivity index (χ2v) is 7.53. The Morgan fingerprint density at radius 3 is 2.62 bits per heavy atom. The second kappa shape index (κ2) is 9.73. The van der Waals surface area contributed by atoms with E-state index < -0.39 is 0 Å². The molecule has 0 radical (unpaired) electrons. The van der Waals surface area contributed by atoms with Crippen LogP contribution in [0.15, 0.2) is 34.2 Å². The summed E-state index contributed by atoms with van der Waals surface area (Å²) in [7, 11) is 0. The summed E-state index contributed by atoms with van der Waals surface area (Å²) in [6.07, 6.45) is 0. The number of hydrogen-bond donors (Lipinski definition) is 2. The molecule has 0 aliphatic carbocycles. The molecule has 6 nitrogen and oxygen atoms in total. The average molecular weight is 378 g/mol. The van der Waals surface area contributed by atoms with Crippen molar-refractivity contribution in [2.75, 3.05) is 25.4 Å². The molecule has 0 saturated carbocycles. The molecule has 1 aromatic heterocycles. The quantitative estimate of drug-likeness (QED) is 0.504. The minimum atomic E-state index is -0.0478. The Labute approximate surface area is 159 Å². The first-order valence-corrected chi connectivity index (χ1v) is 10.2. The maximum Gasteiger partial charge on any atom is 0.262 e. The average Bonchev–Trinajstić information content (AvgIpc) is 2.62. The lowest BCUT2D eigenvalue weighted by molar-refractivity contribution is -0.897. The Hall–Kier alpha value is -1.86. The number of benzene rings is 1. The Morgan fingerprint density at radius 1 is 1.27 bits per heavy atom. The van der Waals surface area contributed by atoms with Crippen LogP contribution in [0.4, 0.5) is 0 Å². The number of amides is 1. The molecule has 0 aliphatic rings. The molecule has 1 aromatic carbocycles. The molecule has 0 aliphatic heterocycles. The van der Waals surface area contributed by atoms with E-state index in [4.69, 9.17) is 0 Å². The number of thioether (sulfide) groups is 1. The van der Waals surface area contributed by atoms with Gasteiger partial charge in [-0.25, -0.2) is 4.98 Å². The number of fused-ring (bicyclic) bond motifs is 1. The van der Waals surface area contributed by atoms with Crippen molar-refractivity contribution < 1.29 is 9.69 Å². The molecule has 0 spiro atoms. The third-order valence-corrected chi connectivity index (χ3v) is 5.27. The number of aromatic nitrogens is 2. The summed E-state index contributed by atoms with van der Waals surface area (Å²) in [5.41, 5.74) is 0.643.